The molecule has 0 spiro atoms. The summed E-state index contributed by atoms with van der Waals surface area (Å²) >= 11 is 0. The van der Waals surface area contributed by atoms with Crippen molar-refractivity contribution in [1.29, 1.82) is 0 Å². The van der Waals surface area contributed by atoms with Crippen molar-refractivity contribution in [3.63, 3.8) is 0 Å². The van der Waals surface area contributed by atoms with E-state index in [9.17, 15) is 0 Å². The molecule has 0 N–H and O–H groups in total. The molecule has 0 bridgehead atoms. The van der Waals surface area contributed by atoms with Crippen LogP contribution in [0.1, 0.15) is 100 Å². The summed E-state index contributed by atoms with van der Waals surface area (Å²) in [5.74, 6) is 0.675. The molecule has 0 heterocycles. The highest BCUT2D eigenvalue weighted by molar-refractivity contribution is 5.33. The molecule has 0 heteroatoms. The van der Waals surface area contributed by atoms with Gasteiger partial charge in [0.1, 0.15) is 0 Å². The molecule has 0 aromatic heterocycles. The maximum atomic E-state index is 2.63. The second kappa shape index (κ2) is 13.7. The Bertz CT molecular complexity index is 695. The summed E-state index contributed by atoms with van der Waals surface area (Å²) in [7, 11) is 0. The largest absolute Gasteiger partial charge is 0.0654 e. The van der Waals surface area contributed by atoms with E-state index >= 15 is 0 Å². The van der Waals surface area contributed by atoms with Gasteiger partial charge in [-0.15, -0.1) is 0 Å². The van der Waals surface area contributed by atoms with Crippen LogP contribution in [0.5, 0.6) is 0 Å². The zero-order valence-electron chi connectivity index (χ0n) is 20.4. The number of rotatable bonds is 14. The zero-order valence-corrected chi connectivity index (χ0v) is 20.4. The van der Waals surface area contributed by atoms with E-state index in [2.05, 4.69) is 77.4 Å². The first-order valence-electron chi connectivity index (χ1n) is 12.7. The van der Waals surface area contributed by atoms with E-state index in [4.69, 9.17) is 0 Å². The third-order valence-electron chi connectivity index (χ3n) is 6.47. The first-order valence-corrected chi connectivity index (χ1v) is 12.7. The van der Waals surface area contributed by atoms with Gasteiger partial charge < -0.3 is 0 Å². The maximum absolute atomic E-state index is 2.63. The van der Waals surface area contributed by atoms with Crippen molar-refractivity contribution in [2.45, 2.75) is 105 Å². The molecule has 2 rings (SSSR count). The Morgan fingerprint density at radius 1 is 0.567 bits per heavy atom. The van der Waals surface area contributed by atoms with Gasteiger partial charge in [0.05, 0.1) is 0 Å². The molecule has 2 aromatic carbocycles. The fourth-order valence-electron chi connectivity index (χ4n) is 4.47. The number of unbranched alkanes of at least 4 members (excludes halogenated alkanes) is 3. The molecule has 30 heavy (non-hydrogen) atoms. The van der Waals surface area contributed by atoms with Gasteiger partial charge in [-0.25, -0.2) is 0 Å². The molecule has 0 fully saturated rings. The van der Waals surface area contributed by atoms with Crippen LogP contribution in [0.4, 0.5) is 0 Å². The Morgan fingerprint density at radius 2 is 1.03 bits per heavy atom. The second-order valence-electron chi connectivity index (χ2n) is 8.98. The van der Waals surface area contributed by atoms with E-state index in [1.54, 1.807) is 5.56 Å². The molecule has 1 unspecified atom stereocenters. The van der Waals surface area contributed by atoms with E-state index in [1.165, 1.54) is 66.3 Å². The van der Waals surface area contributed by atoms with Crippen LogP contribution >= 0.6 is 0 Å². The van der Waals surface area contributed by atoms with E-state index in [0.29, 0.717) is 5.92 Å². The topological polar surface area (TPSA) is 0 Å². The van der Waals surface area contributed by atoms with Crippen LogP contribution < -0.4 is 0 Å². The van der Waals surface area contributed by atoms with Crippen molar-refractivity contribution >= 4 is 0 Å². The smallest absolute Gasteiger partial charge is 0.0245 e. The highest BCUT2D eigenvalue weighted by Crippen LogP contribution is 2.24. The molecule has 1 atom stereocenters. The molecule has 0 aliphatic carbocycles. The van der Waals surface area contributed by atoms with Crippen LogP contribution in [-0.2, 0) is 38.5 Å². The molecule has 0 saturated heterocycles. The molecular formula is C30H45. The summed E-state index contributed by atoms with van der Waals surface area (Å²) in [6.07, 6.45) is 16.2. The Hall–Kier alpha value is -1.56. The SMILES string of the molecule is CCCCCCC([CH]Cc1cc(CC)cc(CC)c1)Cc1cc(CC)cc(CC)c1. The second-order valence-corrected chi connectivity index (χ2v) is 8.98. The predicted molar refractivity (Wildman–Crippen MR) is 134 cm³/mol. The van der Waals surface area contributed by atoms with Crippen molar-refractivity contribution in [3.8, 4) is 0 Å². The van der Waals surface area contributed by atoms with Gasteiger partial charge in [-0.2, -0.15) is 0 Å². The quantitative estimate of drug-likeness (QED) is 0.276. The minimum absolute atomic E-state index is 0.675. The minimum atomic E-state index is 0.675. The lowest BCUT2D eigenvalue weighted by Crippen LogP contribution is -2.09. The number of benzene rings is 2. The Labute approximate surface area is 187 Å². The Kier molecular flexibility index (Phi) is 11.3. The first kappa shape index (κ1) is 24.7. The van der Waals surface area contributed by atoms with Crippen molar-refractivity contribution in [2.75, 3.05) is 0 Å². The van der Waals surface area contributed by atoms with Gasteiger partial charge in [0.15, 0.2) is 0 Å². The average molecular weight is 406 g/mol. The van der Waals surface area contributed by atoms with E-state index in [-0.39, 0.29) is 0 Å². The monoisotopic (exact) mass is 405 g/mol. The molecule has 0 aliphatic rings. The lowest BCUT2D eigenvalue weighted by Gasteiger charge is -2.19. The zero-order chi connectivity index (χ0) is 21.8. The van der Waals surface area contributed by atoms with Gasteiger partial charge in [-0.05, 0) is 90.7 Å². The van der Waals surface area contributed by atoms with Crippen LogP contribution in [0.15, 0.2) is 36.4 Å². The van der Waals surface area contributed by atoms with Gasteiger partial charge in [0.2, 0.25) is 0 Å². The van der Waals surface area contributed by atoms with Gasteiger partial charge in [-0.1, -0.05) is 96.7 Å². The standard InChI is InChI=1S/C30H45/c1-6-11-12-13-14-28(23-30-21-26(9-4)18-27(10-5)22-30)15-16-29-19-24(7-2)17-25(8-3)20-29/h15,17-22,28H,6-14,16,23H2,1-5H3. The van der Waals surface area contributed by atoms with E-state index in [1.807, 2.05) is 0 Å². The lowest BCUT2D eigenvalue weighted by atomic mass is 9.86. The van der Waals surface area contributed by atoms with Crippen LogP contribution in [0.3, 0.4) is 0 Å². The maximum Gasteiger partial charge on any atom is -0.0245 e. The van der Waals surface area contributed by atoms with Gasteiger partial charge >= 0.3 is 0 Å². The van der Waals surface area contributed by atoms with Crippen LogP contribution in [0, 0.1) is 12.3 Å². The van der Waals surface area contributed by atoms with Crippen LogP contribution in [-0.4, -0.2) is 0 Å². The predicted octanol–water partition coefficient (Wildman–Crippen LogP) is 8.51. The number of hydrogen-bond acceptors (Lipinski definition) is 0. The van der Waals surface area contributed by atoms with Gasteiger partial charge in [0.25, 0.3) is 0 Å². The number of hydrogen-bond donors (Lipinski definition) is 0. The molecule has 2 aromatic rings. The summed E-state index contributed by atoms with van der Waals surface area (Å²) in [6.45, 7) is 11.4. The summed E-state index contributed by atoms with van der Waals surface area (Å²) in [5.41, 5.74) is 9.01. The van der Waals surface area contributed by atoms with Gasteiger partial charge in [0, 0.05) is 0 Å². The van der Waals surface area contributed by atoms with Crippen molar-refractivity contribution in [3.05, 3.63) is 76.2 Å². The Balaban J connectivity index is 2.11. The van der Waals surface area contributed by atoms with Crippen molar-refractivity contribution < 1.29 is 0 Å². The first-order chi connectivity index (χ1) is 14.6. The normalized spacial score (nSPS) is 12.3. The lowest BCUT2D eigenvalue weighted by molar-refractivity contribution is 0.494. The summed E-state index contributed by atoms with van der Waals surface area (Å²) in [5, 5.41) is 0. The fraction of sp³-hybridized carbons (Fsp3) is 0.567. The average Bonchev–Trinajstić information content (AvgIpc) is 2.79. The summed E-state index contributed by atoms with van der Waals surface area (Å²) in [4.78, 5) is 0. The molecule has 165 valence electrons. The highest BCUT2D eigenvalue weighted by Gasteiger charge is 2.13. The summed E-state index contributed by atoms with van der Waals surface area (Å²) in [6, 6.07) is 14.5. The van der Waals surface area contributed by atoms with E-state index < -0.39 is 0 Å². The third-order valence-corrected chi connectivity index (χ3v) is 6.47. The Morgan fingerprint density at radius 3 is 1.50 bits per heavy atom. The molecular weight excluding hydrogens is 360 g/mol. The van der Waals surface area contributed by atoms with E-state index in [0.717, 1.165) is 32.1 Å². The van der Waals surface area contributed by atoms with Gasteiger partial charge in [-0.3, -0.25) is 0 Å². The summed E-state index contributed by atoms with van der Waals surface area (Å²) < 4.78 is 0. The molecule has 0 amide bonds. The molecule has 1 radical (unpaired) electrons. The number of aryl methyl sites for hydroxylation is 4. The van der Waals surface area contributed by atoms with Crippen LogP contribution in [0.2, 0.25) is 0 Å². The van der Waals surface area contributed by atoms with Crippen molar-refractivity contribution in [2.24, 2.45) is 5.92 Å². The highest BCUT2D eigenvalue weighted by atomic mass is 14.2. The molecule has 0 aliphatic heterocycles. The fourth-order valence-corrected chi connectivity index (χ4v) is 4.47. The van der Waals surface area contributed by atoms with Crippen LogP contribution in [0.25, 0.3) is 0 Å². The molecule has 0 saturated carbocycles. The van der Waals surface area contributed by atoms with Crippen molar-refractivity contribution in [1.82, 2.24) is 0 Å². The molecule has 0 nitrogen and oxygen atoms in total. The third kappa shape index (κ3) is 8.29. The minimum Gasteiger partial charge on any atom is -0.0654 e.